The fraction of sp³-hybridized carbons (Fsp3) is 0.312. The molecule has 1 aliphatic rings. The zero-order chi connectivity index (χ0) is 14.8. The van der Waals surface area contributed by atoms with Gasteiger partial charge in [0.1, 0.15) is 12.4 Å². The van der Waals surface area contributed by atoms with Crippen molar-refractivity contribution in [2.24, 2.45) is 0 Å². The smallest absolute Gasteiger partial charge is 0.287 e. The fourth-order valence-electron chi connectivity index (χ4n) is 2.68. The first kappa shape index (κ1) is 13.9. The second kappa shape index (κ2) is 5.71. The molecule has 110 valence electrons. The Morgan fingerprint density at radius 2 is 2.19 bits per heavy atom. The van der Waals surface area contributed by atoms with Gasteiger partial charge in [0.15, 0.2) is 5.76 Å². The maximum Gasteiger partial charge on any atom is 0.287 e. The van der Waals surface area contributed by atoms with Crippen molar-refractivity contribution in [3.63, 3.8) is 0 Å². The number of amides is 1. The van der Waals surface area contributed by atoms with Crippen molar-refractivity contribution in [3.05, 3.63) is 59.0 Å². The number of carbonyl (C=O) groups excluding carboxylic acids is 1. The summed E-state index contributed by atoms with van der Waals surface area (Å²) >= 11 is 0. The molecule has 5 nitrogen and oxygen atoms in total. The first-order valence-electron chi connectivity index (χ1n) is 6.83. The maximum atomic E-state index is 12.2. The molecule has 1 aromatic heterocycles. The van der Waals surface area contributed by atoms with Crippen molar-refractivity contribution in [1.82, 2.24) is 5.32 Å². The Labute approximate surface area is 122 Å². The molecule has 2 atom stereocenters. The molecule has 1 heterocycles. The van der Waals surface area contributed by atoms with Crippen LogP contribution in [0.15, 0.2) is 40.8 Å². The van der Waals surface area contributed by atoms with Crippen LogP contribution in [0.1, 0.15) is 33.5 Å². The van der Waals surface area contributed by atoms with E-state index in [2.05, 4.69) is 5.32 Å². The van der Waals surface area contributed by atoms with E-state index in [9.17, 15) is 9.90 Å². The minimum absolute atomic E-state index is 0.221. The van der Waals surface area contributed by atoms with E-state index in [0.717, 1.165) is 11.1 Å². The van der Waals surface area contributed by atoms with Gasteiger partial charge in [-0.1, -0.05) is 24.3 Å². The topological polar surface area (TPSA) is 71.7 Å². The number of ether oxygens (including phenoxy) is 1. The highest BCUT2D eigenvalue weighted by Crippen LogP contribution is 2.31. The zero-order valence-corrected chi connectivity index (χ0v) is 11.7. The van der Waals surface area contributed by atoms with Crippen molar-refractivity contribution >= 4 is 5.91 Å². The fourth-order valence-corrected chi connectivity index (χ4v) is 2.68. The van der Waals surface area contributed by atoms with Gasteiger partial charge in [-0.05, 0) is 23.3 Å². The third-order valence-electron chi connectivity index (χ3n) is 3.66. The average molecular weight is 287 g/mol. The number of furan rings is 1. The quantitative estimate of drug-likeness (QED) is 0.899. The van der Waals surface area contributed by atoms with Crippen LogP contribution in [0.25, 0.3) is 0 Å². The van der Waals surface area contributed by atoms with Gasteiger partial charge in [-0.15, -0.1) is 0 Å². The molecule has 2 N–H and O–H groups in total. The van der Waals surface area contributed by atoms with Gasteiger partial charge in [0.2, 0.25) is 0 Å². The standard InChI is InChI=1S/C16H17NO4/c1-20-9-11-6-7-14(21-11)16(19)17-15-12-5-3-2-4-10(12)8-13(15)18/h2-7,13,15,18H,8-9H2,1H3,(H,17,19)/t13-,15+/m0/s1. The summed E-state index contributed by atoms with van der Waals surface area (Å²) in [4.78, 5) is 12.2. The number of methoxy groups -OCH3 is 1. The number of hydrogen-bond donors (Lipinski definition) is 2. The molecule has 0 radical (unpaired) electrons. The van der Waals surface area contributed by atoms with E-state index < -0.39 is 12.1 Å². The van der Waals surface area contributed by atoms with Crippen LogP contribution in [0.4, 0.5) is 0 Å². The van der Waals surface area contributed by atoms with E-state index in [4.69, 9.17) is 9.15 Å². The van der Waals surface area contributed by atoms with Crippen molar-refractivity contribution < 1.29 is 19.1 Å². The van der Waals surface area contributed by atoms with Gasteiger partial charge in [-0.3, -0.25) is 4.79 Å². The van der Waals surface area contributed by atoms with Gasteiger partial charge in [-0.25, -0.2) is 0 Å². The molecule has 3 rings (SSSR count). The molecule has 0 unspecified atom stereocenters. The van der Waals surface area contributed by atoms with Crippen LogP contribution in [0, 0.1) is 0 Å². The molecule has 0 fully saturated rings. The van der Waals surface area contributed by atoms with Gasteiger partial charge in [0.25, 0.3) is 5.91 Å². The van der Waals surface area contributed by atoms with Crippen LogP contribution in [0.3, 0.4) is 0 Å². The molecule has 5 heteroatoms. The van der Waals surface area contributed by atoms with E-state index in [0.29, 0.717) is 18.8 Å². The number of fused-ring (bicyclic) bond motifs is 1. The second-order valence-electron chi connectivity index (χ2n) is 5.12. The maximum absolute atomic E-state index is 12.2. The Balaban J connectivity index is 1.75. The summed E-state index contributed by atoms with van der Waals surface area (Å²) in [5, 5.41) is 13.0. The van der Waals surface area contributed by atoms with E-state index in [1.54, 1.807) is 19.2 Å². The Bertz CT molecular complexity index is 649. The van der Waals surface area contributed by atoms with Crippen LogP contribution in [-0.2, 0) is 17.8 Å². The Morgan fingerprint density at radius 1 is 1.38 bits per heavy atom. The van der Waals surface area contributed by atoms with Gasteiger partial charge in [0, 0.05) is 13.5 Å². The Kier molecular flexibility index (Phi) is 3.77. The Morgan fingerprint density at radius 3 is 3.00 bits per heavy atom. The summed E-state index contributed by atoms with van der Waals surface area (Å²) in [6.07, 6.45) is -0.0615. The lowest BCUT2D eigenvalue weighted by Gasteiger charge is -2.17. The van der Waals surface area contributed by atoms with E-state index in [1.807, 2.05) is 24.3 Å². The number of aliphatic hydroxyl groups excluding tert-OH is 1. The number of nitrogens with one attached hydrogen (secondary N) is 1. The van der Waals surface area contributed by atoms with Crippen LogP contribution >= 0.6 is 0 Å². The molecule has 0 saturated heterocycles. The molecular formula is C16H17NO4. The monoisotopic (exact) mass is 287 g/mol. The summed E-state index contributed by atoms with van der Waals surface area (Å²) in [5.74, 6) is 0.478. The molecule has 21 heavy (non-hydrogen) atoms. The molecule has 0 aliphatic heterocycles. The van der Waals surface area contributed by atoms with Crippen LogP contribution in [-0.4, -0.2) is 24.2 Å². The van der Waals surface area contributed by atoms with Gasteiger partial charge in [0.05, 0.1) is 12.1 Å². The highest BCUT2D eigenvalue weighted by Gasteiger charge is 2.32. The first-order valence-corrected chi connectivity index (χ1v) is 6.83. The summed E-state index contributed by atoms with van der Waals surface area (Å²) in [6, 6.07) is 10.6. The van der Waals surface area contributed by atoms with Crippen LogP contribution in [0.5, 0.6) is 0 Å². The SMILES string of the molecule is COCc1ccc(C(=O)N[C@@H]2c3ccccc3C[C@@H]2O)o1. The normalized spacial score (nSPS) is 20.3. The van der Waals surface area contributed by atoms with E-state index in [1.165, 1.54) is 0 Å². The molecule has 0 saturated carbocycles. The number of hydrogen-bond acceptors (Lipinski definition) is 4. The van der Waals surface area contributed by atoms with Crippen molar-refractivity contribution in [2.45, 2.75) is 25.2 Å². The summed E-state index contributed by atoms with van der Waals surface area (Å²) in [5.41, 5.74) is 2.02. The molecular weight excluding hydrogens is 270 g/mol. The summed E-state index contributed by atoms with van der Waals surface area (Å²) < 4.78 is 10.4. The van der Waals surface area contributed by atoms with E-state index >= 15 is 0 Å². The molecule has 0 bridgehead atoms. The highest BCUT2D eigenvalue weighted by atomic mass is 16.5. The summed E-state index contributed by atoms with van der Waals surface area (Å²) in [7, 11) is 1.56. The van der Waals surface area contributed by atoms with Crippen molar-refractivity contribution in [2.75, 3.05) is 7.11 Å². The predicted molar refractivity (Wildman–Crippen MR) is 75.8 cm³/mol. The molecule has 1 aromatic carbocycles. The zero-order valence-electron chi connectivity index (χ0n) is 11.7. The summed E-state index contributed by atoms with van der Waals surface area (Å²) in [6.45, 7) is 0.322. The Hall–Kier alpha value is -2.11. The highest BCUT2D eigenvalue weighted by molar-refractivity contribution is 5.91. The minimum Gasteiger partial charge on any atom is -0.453 e. The van der Waals surface area contributed by atoms with Crippen LogP contribution < -0.4 is 5.32 Å². The molecule has 1 aliphatic carbocycles. The lowest BCUT2D eigenvalue weighted by Crippen LogP contribution is -2.33. The number of carbonyl (C=O) groups is 1. The van der Waals surface area contributed by atoms with Gasteiger partial charge >= 0.3 is 0 Å². The number of aliphatic hydroxyl groups is 1. The van der Waals surface area contributed by atoms with E-state index in [-0.39, 0.29) is 11.7 Å². The molecule has 2 aromatic rings. The van der Waals surface area contributed by atoms with Crippen LogP contribution in [0.2, 0.25) is 0 Å². The average Bonchev–Trinajstić information content (AvgIpc) is 3.05. The van der Waals surface area contributed by atoms with Gasteiger partial charge < -0.3 is 19.6 Å². The van der Waals surface area contributed by atoms with Crippen molar-refractivity contribution in [3.8, 4) is 0 Å². The molecule has 0 spiro atoms. The van der Waals surface area contributed by atoms with Gasteiger partial charge in [-0.2, -0.15) is 0 Å². The lowest BCUT2D eigenvalue weighted by atomic mass is 10.1. The number of rotatable bonds is 4. The molecule has 1 amide bonds. The number of benzene rings is 1. The van der Waals surface area contributed by atoms with Crippen molar-refractivity contribution in [1.29, 1.82) is 0 Å². The first-order chi connectivity index (χ1) is 10.2. The minimum atomic E-state index is -0.611. The predicted octanol–water partition coefficient (Wildman–Crippen LogP) is 1.81. The third kappa shape index (κ3) is 2.70. The third-order valence-corrected chi connectivity index (χ3v) is 3.66. The lowest BCUT2D eigenvalue weighted by molar-refractivity contribution is 0.0824. The largest absolute Gasteiger partial charge is 0.453 e. The second-order valence-corrected chi connectivity index (χ2v) is 5.12.